The summed E-state index contributed by atoms with van der Waals surface area (Å²) >= 11 is 0. The third kappa shape index (κ3) is 2.00. The van der Waals surface area contributed by atoms with Gasteiger partial charge in [-0.05, 0) is 29.7 Å². The Kier molecular flexibility index (Phi) is 2.80. The van der Waals surface area contributed by atoms with Crippen LogP contribution in [0.4, 0.5) is 0 Å². The largest absolute Gasteiger partial charge is 0.490 e. The molecule has 0 amide bonds. The maximum absolute atomic E-state index is 6.30. The zero-order valence-corrected chi connectivity index (χ0v) is 10.5. The van der Waals surface area contributed by atoms with Crippen molar-refractivity contribution < 1.29 is 4.74 Å². The average molecular weight is 239 g/mol. The minimum absolute atomic E-state index is 0.0626. The van der Waals surface area contributed by atoms with Crippen LogP contribution in [-0.2, 0) is 6.42 Å². The van der Waals surface area contributed by atoms with Crippen molar-refractivity contribution in [2.24, 2.45) is 5.73 Å². The number of hydrogen-bond donors (Lipinski definition) is 1. The van der Waals surface area contributed by atoms with Gasteiger partial charge in [0.15, 0.2) is 0 Å². The Morgan fingerprint density at radius 3 is 2.67 bits per heavy atom. The second kappa shape index (κ2) is 4.46. The number of nitrogens with two attached hydrogens (primary N) is 1. The highest BCUT2D eigenvalue weighted by molar-refractivity contribution is 5.43. The Morgan fingerprint density at radius 2 is 1.89 bits per heavy atom. The normalized spacial score (nSPS) is 19.1. The summed E-state index contributed by atoms with van der Waals surface area (Å²) in [4.78, 5) is 0. The average Bonchev–Trinajstić information content (AvgIpc) is 2.78. The number of benzene rings is 2. The van der Waals surface area contributed by atoms with Gasteiger partial charge in [-0.15, -0.1) is 0 Å². The fourth-order valence-electron chi connectivity index (χ4n) is 2.49. The molecule has 1 heterocycles. The monoisotopic (exact) mass is 239 g/mol. The van der Waals surface area contributed by atoms with Crippen LogP contribution in [0.5, 0.6) is 5.75 Å². The van der Waals surface area contributed by atoms with Crippen molar-refractivity contribution in [3.8, 4) is 5.75 Å². The number of hydrogen-bond acceptors (Lipinski definition) is 2. The van der Waals surface area contributed by atoms with Gasteiger partial charge in [0.05, 0.1) is 6.04 Å². The van der Waals surface area contributed by atoms with Crippen LogP contribution >= 0.6 is 0 Å². The lowest BCUT2D eigenvalue weighted by Gasteiger charge is -2.13. The molecule has 92 valence electrons. The standard InChI is InChI=1S/C16H17NO/c1-11-9-14-10-13(7-8-15(14)18-11)16(17)12-5-3-2-4-6-12/h2-8,10-11,16H,9,17H2,1H3/t11-,16+/m0/s1. The molecule has 0 fully saturated rings. The molecule has 0 aliphatic carbocycles. The van der Waals surface area contributed by atoms with E-state index in [0.717, 1.165) is 23.3 Å². The van der Waals surface area contributed by atoms with Gasteiger partial charge >= 0.3 is 0 Å². The van der Waals surface area contributed by atoms with E-state index in [1.54, 1.807) is 0 Å². The van der Waals surface area contributed by atoms with Gasteiger partial charge in [0, 0.05) is 6.42 Å². The van der Waals surface area contributed by atoms with E-state index in [1.807, 2.05) is 24.3 Å². The van der Waals surface area contributed by atoms with Gasteiger partial charge in [-0.2, -0.15) is 0 Å². The van der Waals surface area contributed by atoms with E-state index in [9.17, 15) is 0 Å². The van der Waals surface area contributed by atoms with Crippen LogP contribution < -0.4 is 10.5 Å². The third-order valence-electron chi connectivity index (χ3n) is 3.44. The summed E-state index contributed by atoms with van der Waals surface area (Å²) in [5.74, 6) is 1.01. The lowest BCUT2D eigenvalue weighted by atomic mass is 9.97. The molecule has 2 aromatic carbocycles. The van der Waals surface area contributed by atoms with Crippen LogP contribution in [0, 0.1) is 0 Å². The quantitative estimate of drug-likeness (QED) is 0.874. The summed E-state index contributed by atoms with van der Waals surface area (Å²) in [6.07, 6.45) is 1.26. The SMILES string of the molecule is C[C@H]1Cc2cc([C@H](N)c3ccccc3)ccc2O1. The molecule has 0 saturated heterocycles. The lowest BCUT2D eigenvalue weighted by molar-refractivity contribution is 0.254. The van der Waals surface area contributed by atoms with Crippen LogP contribution in [0.2, 0.25) is 0 Å². The maximum Gasteiger partial charge on any atom is 0.123 e. The Morgan fingerprint density at radius 1 is 1.11 bits per heavy atom. The lowest BCUT2D eigenvalue weighted by Crippen LogP contribution is -2.11. The van der Waals surface area contributed by atoms with Crippen molar-refractivity contribution in [3.05, 3.63) is 65.2 Å². The molecule has 2 atom stereocenters. The molecule has 2 nitrogen and oxygen atoms in total. The minimum atomic E-state index is -0.0626. The van der Waals surface area contributed by atoms with Crippen LogP contribution in [0.1, 0.15) is 29.7 Å². The van der Waals surface area contributed by atoms with E-state index < -0.39 is 0 Å². The summed E-state index contributed by atoms with van der Waals surface area (Å²) in [6, 6.07) is 16.4. The first-order chi connectivity index (χ1) is 8.74. The molecule has 0 aromatic heterocycles. The Labute approximate surface area is 107 Å². The van der Waals surface area contributed by atoms with Crippen molar-refractivity contribution in [2.75, 3.05) is 0 Å². The second-order valence-electron chi connectivity index (χ2n) is 4.89. The van der Waals surface area contributed by atoms with Crippen molar-refractivity contribution in [2.45, 2.75) is 25.5 Å². The van der Waals surface area contributed by atoms with Crippen molar-refractivity contribution in [3.63, 3.8) is 0 Å². The first-order valence-electron chi connectivity index (χ1n) is 6.34. The van der Waals surface area contributed by atoms with Crippen LogP contribution in [0.15, 0.2) is 48.5 Å². The highest BCUT2D eigenvalue weighted by Gasteiger charge is 2.20. The smallest absolute Gasteiger partial charge is 0.123 e. The highest BCUT2D eigenvalue weighted by Crippen LogP contribution is 2.31. The molecule has 2 N–H and O–H groups in total. The molecule has 2 heteroatoms. The van der Waals surface area contributed by atoms with Gasteiger partial charge in [-0.25, -0.2) is 0 Å². The van der Waals surface area contributed by atoms with Crippen LogP contribution in [-0.4, -0.2) is 6.10 Å². The molecule has 0 bridgehead atoms. The Hall–Kier alpha value is -1.80. The van der Waals surface area contributed by atoms with Gasteiger partial charge < -0.3 is 10.5 Å². The van der Waals surface area contributed by atoms with Gasteiger partial charge in [0.2, 0.25) is 0 Å². The fraction of sp³-hybridized carbons (Fsp3) is 0.250. The third-order valence-corrected chi connectivity index (χ3v) is 3.44. The first kappa shape index (κ1) is 11.3. The second-order valence-corrected chi connectivity index (χ2v) is 4.89. The first-order valence-corrected chi connectivity index (χ1v) is 6.34. The van der Waals surface area contributed by atoms with Crippen LogP contribution in [0.25, 0.3) is 0 Å². The van der Waals surface area contributed by atoms with Crippen LogP contribution in [0.3, 0.4) is 0 Å². The summed E-state index contributed by atoms with van der Waals surface area (Å²) in [5.41, 5.74) is 9.87. The highest BCUT2D eigenvalue weighted by atomic mass is 16.5. The molecule has 0 spiro atoms. The van der Waals surface area contributed by atoms with Gasteiger partial charge in [-0.1, -0.05) is 42.5 Å². The molecule has 1 aliphatic heterocycles. The van der Waals surface area contributed by atoms with Gasteiger partial charge in [0.1, 0.15) is 11.9 Å². The molecule has 0 unspecified atom stereocenters. The van der Waals surface area contributed by atoms with E-state index in [1.165, 1.54) is 5.56 Å². The molecule has 18 heavy (non-hydrogen) atoms. The fourth-order valence-corrected chi connectivity index (χ4v) is 2.49. The molecule has 0 radical (unpaired) electrons. The Bertz CT molecular complexity index is 550. The van der Waals surface area contributed by atoms with Crippen molar-refractivity contribution in [1.29, 1.82) is 0 Å². The number of rotatable bonds is 2. The molecular formula is C16H17NO. The van der Waals surface area contributed by atoms with E-state index in [4.69, 9.17) is 10.5 Å². The van der Waals surface area contributed by atoms with Gasteiger partial charge in [0.25, 0.3) is 0 Å². The van der Waals surface area contributed by atoms with E-state index in [0.29, 0.717) is 0 Å². The van der Waals surface area contributed by atoms with E-state index >= 15 is 0 Å². The molecule has 2 aromatic rings. The van der Waals surface area contributed by atoms with E-state index in [2.05, 4.69) is 31.2 Å². The summed E-state index contributed by atoms with van der Waals surface area (Å²) in [5, 5.41) is 0. The van der Waals surface area contributed by atoms with Crippen molar-refractivity contribution in [1.82, 2.24) is 0 Å². The van der Waals surface area contributed by atoms with E-state index in [-0.39, 0.29) is 12.1 Å². The molecular weight excluding hydrogens is 222 g/mol. The topological polar surface area (TPSA) is 35.2 Å². The minimum Gasteiger partial charge on any atom is -0.490 e. The maximum atomic E-state index is 6.30. The summed E-state index contributed by atoms with van der Waals surface area (Å²) in [6.45, 7) is 2.09. The van der Waals surface area contributed by atoms with Gasteiger partial charge in [-0.3, -0.25) is 0 Å². The Balaban J connectivity index is 1.92. The number of fused-ring (bicyclic) bond motifs is 1. The predicted octanol–water partition coefficient (Wildman–Crippen LogP) is 3.06. The molecule has 1 aliphatic rings. The zero-order valence-electron chi connectivity index (χ0n) is 10.5. The molecule has 3 rings (SSSR count). The van der Waals surface area contributed by atoms with Crippen molar-refractivity contribution >= 4 is 0 Å². The summed E-state index contributed by atoms with van der Waals surface area (Å²) < 4.78 is 5.71. The molecule has 0 saturated carbocycles. The zero-order chi connectivity index (χ0) is 12.5. The summed E-state index contributed by atoms with van der Waals surface area (Å²) in [7, 11) is 0. The predicted molar refractivity (Wildman–Crippen MR) is 72.7 cm³/mol. The number of ether oxygens (including phenoxy) is 1.